The van der Waals surface area contributed by atoms with E-state index in [0.717, 1.165) is 25.1 Å². The molecule has 0 bridgehead atoms. The fraction of sp³-hybridized carbons (Fsp3) is 0.350. The summed E-state index contributed by atoms with van der Waals surface area (Å²) >= 11 is 0. The highest BCUT2D eigenvalue weighted by Crippen LogP contribution is 2.34. The molecule has 0 fully saturated rings. The Morgan fingerprint density at radius 1 is 1.27 bits per heavy atom. The Kier molecular flexibility index (Phi) is 4.69. The van der Waals surface area contributed by atoms with Crippen LogP contribution < -0.4 is 10.8 Å². The lowest BCUT2D eigenvalue weighted by molar-refractivity contribution is -0.0269. The topological polar surface area (TPSA) is 75.8 Å². The fourth-order valence-corrected chi connectivity index (χ4v) is 3.31. The SMILES string of the molecule is C[C@@H](Nc1ccn2ncc(C3=NC(C)(C)ON3)c2n1)c1cc(F)ccc1C(C)(F)F. The van der Waals surface area contributed by atoms with Crippen molar-refractivity contribution in [1.82, 2.24) is 20.1 Å². The molecule has 1 atom stereocenters. The van der Waals surface area contributed by atoms with Gasteiger partial charge < -0.3 is 5.32 Å². The summed E-state index contributed by atoms with van der Waals surface area (Å²) in [5, 5.41) is 7.32. The number of anilines is 1. The summed E-state index contributed by atoms with van der Waals surface area (Å²) in [5.41, 5.74) is 3.11. The maximum Gasteiger partial charge on any atom is 0.270 e. The Bertz CT molecular complexity index is 1140. The van der Waals surface area contributed by atoms with Crippen LogP contribution in [0, 0.1) is 5.82 Å². The number of halogens is 3. The molecule has 10 heteroatoms. The van der Waals surface area contributed by atoms with E-state index < -0.39 is 23.5 Å². The normalized spacial score (nSPS) is 17.0. The van der Waals surface area contributed by atoms with Crippen molar-refractivity contribution in [1.29, 1.82) is 0 Å². The van der Waals surface area contributed by atoms with Crippen molar-refractivity contribution < 1.29 is 18.0 Å². The summed E-state index contributed by atoms with van der Waals surface area (Å²) in [4.78, 5) is 14.4. The minimum Gasteiger partial charge on any atom is -0.363 e. The van der Waals surface area contributed by atoms with E-state index in [9.17, 15) is 13.2 Å². The third-order valence-electron chi connectivity index (χ3n) is 4.72. The Morgan fingerprint density at radius 2 is 2.03 bits per heavy atom. The van der Waals surface area contributed by atoms with Gasteiger partial charge in [-0.3, -0.25) is 0 Å². The van der Waals surface area contributed by atoms with Crippen molar-refractivity contribution in [3.63, 3.8) is 0 Å². The number of aromatic nitrogens is 3. The molecule has 3 aromatic rings. The van der Waals surface area contributed by atoms with Crippen molar-refractivity contribution in [2.24, 2.45) is 4.99 Å². The molecule has 0 saturated heterocycles. The van der Waals surface area contributed by atoms with Crippen molar-refractivity contribution in [3.8, 4) is 0 Å². The van der Waals surface area contributed by atoms with Gasteiger partial charge in [-0.25, -0.2) is 38.0 Å². The summed E-state index contributed by atoms with van der Waals surface area (Å²) in [6.07, 6.45) is 3.29. The largest absolute Gasteiger partial charge is 0.363 e. The summed E-state index contributed by atoms with van der Waals surface area (Å²) in [7, 11) is 0. The van der Waals surface area contributed by atoms with Gasteiger partial charge in [0.15, 0.2) is 17.2 Å². The number of fused-ring (bicyclic) bond motifs is 1. The molecule has 0 unspecified atom stereocenters. The molecule has 1 aromatic carbocycles. The zero-order valence-electron chi connectivity index (χ0n) is 16.9. The first kappa shape index (κ1) is 20.1. The van der Waals surface area contributed by atoms with Crippen LogP contribution in [-0.4, -0.2) is 26.2 Å². The summed E-state index contributed by atoms with van der Waals surface area (Å²) < 4.78 is 43.3. The predicted molar refractivity (Wildman–Crippen MR) is 106 cm³/mol. The highest BCUT2D eigenvalue weighted by molar-refractivity contribution is 6.03. The van der Waals surface area contributed by atoms with Crippen molar-refractivity contribution in [2.75, 3.05) is 5.32 Å². The molecule has 1 aliphatic heterocycles. The number of nitrogens with one attached hydrogen (secondary N) is 2. The molecule has 30 heavy (non-hydrogen) atoms. The number of hydroxylamine groups is 1. The molecule has 0 aliphatic carbocycles. The number of rotatable bonds is 5. The first-order valence-corrected chi connectivity index (χ1v) is 9.36. The predicted octanol–water partition coefficient (Wildman–Crippen LogP) is 4.17. The maximum atomic E-state index is 14.0. The first-order chi connectivity index (χ1) is 14.0. The van der Waals surface area contributed by atoms with Gasteiger partial charge in [-0.05, 0) is 50.6 Å². The Morgan fingerprint density at radius 3 is 2.70 bits per heavy atom. The van der Waals surface area contributed by atoms with Gasteiger partial charge in [0.25, 0.3) is 5.92 Å². The monoisotopic (exact) mass is 418 g/mol. The third kappa shape index (κ3) is 3.82. The van der Waals surface area contributed by atoms with Crippen LogP contribution in [-0.2, 0) is 10.8 Å². The van der Waals surface area contributed by atoms with Gasteiger partial charge >= 0.3 is 0 Å². The lowest BCUT2D eigenvalue weighted by Crippen LogP contribution is -2.23. The number of alkyl halides is 2. The number of benzene rings is 1. The van der Waals surface area contributed by atoms with E-state index in [-0.39, 0.29) is 11.1 Å². The quantitative estimate of drug-likeness (QED) is 0.651. The minimum atomic E-state index is -3.10. The average molecular weight is 418 g/mol. The molecule has 0 radical (unpaired) electrons. The molecular formula is C20H21F3N6O. The molecule has 2 aromatic heterocycles. The van der Waals surface area contributed by atoms with E-state index in [1.165, 1.54) is 0 Å². The second kappa shape index (κ2) is 6.98. The summed E-state index contributed by atoms with van der Waals surface area (Å²) in [5.74, 6) is -2.77. The Labute approximate surface area is 170 Å². The Hall–Kier alpha value is -3.14. The smallest absolute Gasteiger partial charge is 0.270 e. The molecule has 1 aliphatic rings. The van der Waals surface area contributed by atoms with Crippen LogP contribution in [0.15, 0.2) is 41.7 Å². The zero-order valence-corrected chi connectivity index (χ0v) is 16.9. The molecule has 0 spiro atoms. The van der Waals surface area contributed by atoms with E-state index in [1.54, 1.807) is 43.7 Å². The second-order valence-electron chi connectivity index (χ2n) is 7.74. The second-order valence-corrected chi connectivity index (χ2v) is 7.74. The van der Waals surface area contributed by atoms with Gasteiger partial charge in [0.05, 0.1) is 17.8 Å². The summed E-state index contributed by atoms with van der Waals surface area (Å²) in [6, 6.07) is 4.30. The van der Waals surface area contributed by atoms with Crippen LogP contribution in [0.5, 0.6) is 0 Å². The molecule has 3 heterocycles. The van der Waals surface area contributed by atoms with E-state index in [0.29, 0.717) is 22.9 Å². The number of hydrogen-bond donors (Lipinski definition) is 2. The van der Waals surface area contributed by atoms with E-state index in [2.05, 4.69) is 25.9 Å². The number of aliphatic imine (C=N–C) groups is 1. The van der Waals surface area contributed by atoms with Gasteiger partial charge in [-0.2, -0.15) is 5.10 Å². The van der Waals surface area contributed by atoms with Crippen LogP contribution in [0.25, 0.3) is 5.65 Å². The lowest BCUT2D eigenvalue weighted by atomic mass is 9.97. The van der Waals surface area contributed by atoms with Crippen molar-refractivity contribution in [3.05, 3.63) is 59.2 Å². The third-order valence-corrected chi connectivity index (χ3v) is 4.72. The van der Waals surface area contributed by atoms with Crippen LogP contribution in [0.4, 0.5) is 19.0 Å². The van der Waals surface area contributed by atoms with Gasteiger partial charge in [0.1, 0.15) is 11.6 Å². The van der Waals surface area contributed by atoms with Crippen molar-refractivity contribution >= 4 is 17.3 Å². The van der Waals surface area contributed by atoms with Gasteiger partial charge in [-0.15, -0.1) is 0 Å². The number of nitrogens with zero attached hydrogens (tertiary/aromatic N) is 4. The average Bonchev–Trinajstić information content (AvgIpc) is 3.22. The summed E-state index contributed by atoms with van der Waals surface area (Å²) in [6.45, 7) is 6.08. The molecule has 158 valence electrons. The number of hydrogen-bond acceptors (Lipinski definition) is 6. The van der Waals surface area contributed by atoms with Gasteiger partial charge in [0.2, 0.25) is 0 Å². The first-order valence-electron chi connectivity index (χ1n) is 9.36. The van der Waals surface area contributed by atoms with E-state index >= 15 is 0 Å². The molecule has 0 saturated carbocycles. The van der Waals surface area contributed by atoms with E-state index in [1.807, 2.05) is 0 Å². The Balaban J connectivity index is 1.67. The molecule has 4 rings (SSSR count). The molecule has 0 amide bonds. The highest BCUT2D eigenvalue weighted by atomic mass is 19.3. The van der Waals surface area contributed by atoms with Crippen LogP contribution in [0.1, 0.15) is 50.4 Å². The van der Waals surface area contributed by atoms with Gasteiger partial charge in [-0.1, -0.05) is 0 Å². The molecule has 2 N–H and O–H groups in total. The minimum absolute atomic E-state index is 0.162. The molecule has 7 nitrogen and oxygen atoms in total. The van der Waals surface area contributed by atoms with Crippen LogP contribution >= 0.6 is 0 Å². The van der Waals surface area contributed by atoms with E-state index in [4.69, 9.17) is 4.84 Å². The maximum absolute atomic E-state index is 14.0. The van der Waals surface area contributed by atoms with Gasteiger partial charge in [0, 0.05) is 18.7 Å². The fourth-order valence-electron chi connectivity index (χ4n) is 3.31. The lowest BCUT2D eigenvalue weighted by Gasteiger charge is -2.22. The van der Waals surface area contributed by atoms with Crippen LogP contribution in [0.3, 0.4) is 0 Å². The number of amidine groups is 1. The van der Waals surface area contributed by atoms with Crippen molar-refractivity contribution in [2.45, 2.75) is 45.4 Å². The standard InChI is InChI=1S/C20H21F3N6O/c1-11(13-9-12(21)5-6-15(13)20(4,22)23)25-16-7-8-29-18(26-16)14(10-24-29)17-27-19(2,3)30-28-17/h5-11H,1-4H3,(H,25,26)(H,27,28)/t11-/m1/s1. The highest BCUT2D eigenvalue weighted by Gasteiger charge is 2.30. The van der Waals surface area contributed by atoms with Crippen LogP contribution in [0.2, 0.25) is 0 Å². The zero-order chi connectivity index (χ0) is 21.7. The molecular weight excluding hydrogens is 397 g/mol.